The van der Waals surface area contributed by atoms with Crippen molar-refractivity contribution in [3.05, 3.63) is 48.5 Å². The van der Waals surface area contributed by atoms with Crippen LogP contribution < -0.4 is 10.1 Å². The fraction of sp³-hybridized carbons (Fsp3) is 0.471. The zero-order valence-corrected chi connectivity index (χ0v) is 13.4. The van der Waals surface area contributed by atoms with Crippen LogP contribution in [0, 0.1) is 5.92 Å². The van der Waals surface area contributed by atoms with Crippen LogP contribution in [0.15, 0.2) is 43.0 Å². The minimum Gasteiger partial charge on any atom is -0.491 e. The number of methoxy groups -OCH3 is 1. The Morgan fingerprint density at radius 2 is 2.05 bits per heavy atom. The van der Waals surface area contributed by atoms with Crippen LogP contribution in [0.1, 0.15) is 12.5 Å². The first-order valence-corrected chi connectivity index (χ1v) is 7.65. The van der Waals surface area contributed by atoms with Crippen molar-refractivity contribution in [1.29, 1.82) is 0 Å². The molecule has 0 aliphatic carbocycles. The molecular weight excluding hydrogens is 278 g/mol. The number of nitrogens with zero attached hydrogens (tertiary/aromatic N) is 2. The lowest BCUT2D eigenvalue weighted by Gasteiger charge is -2.13. The molecule has 2 rings (SSSR count). The maximum Gasteiger partial charge on any atom is 0.119 e. The van der Waals surface area contributed by atoms with Crippen LogP contribution in [0.25, 0.3) is 0 Å². The fourth-order valence-corrected chi connectivity index (χ4v) is 2.23. The number of imidazole rings is 1. The molecule has 0 radical (unpaired) electrons. The van der Waals surface area contributed by atoms with Gasteiger partial charge in [0, 0.05) is 32.6 Å². The van der Waals surface area contributed by atoms with Crippen LogP contribution in [0.3, 0.4) is 0 Å². The summed E-state index contributed by atoms with van der Waals surface area (Å²) in [6.07, 6.45) is 5.67. The molecule has 120 valence electrons. The van der Waals surface area contributed by atoms with E-state index in [0.717, 1.165) is 25.4 Å². The molecule has 5 heteroatoms. The Morgan fingerprint density at radius 3 is 2.73 bits per heavy atom. The van der Waals surface area contributed by atoms with Crippen molar-refractivity contribution in [3.63, 3.8) is 0 Å². The molecule has 0 bridgehead atoms. The van der Waals surface area contributed by atoms with E-state index in [1.807, 2.05) is 30.9 Å². The van der Waals surface area contributed by atoms with E-state index in [9.17, 15) is 0 Å². The molecule has 0 saturated heterocycles. The summed E-state index contributed by atoms with van der Waals surface area (Å²) < 4.78 is 12.6. The van der Waals surface area contributed by atoms with Gasteiger partial charge in [-0.2, -0.15) is 0 Å². The Labute approximate surface area is 132 Å². The van der Waals surface area contributed by atoms with E-state index in [4.69, 9.17) is 9.47 Å². The van der Waals surface area contributed by atoms with Crippen molar-refractivity contribution in [3.8, 4) is 5.75 Å². The fourth-order valence-electron chi connectivity index (χ4n) is 2.23. The van der Waals surface area contributed by atoms with Gasteiger partial charge in [0.15, 0.2) is 0 Å². The Hall–Kier alpha value is -1.85. The van der Waals surface area contributed by atoms with E-state index in [1.54, 1.807) is 7.11 Å². The highest BCUT2D eigenvalue weighted by Crippen LogP contribution is 2.12. The molecule has 1 atom stereocenters. The van der Waals surface area contributed by atoms with E-state index < -0.39 is 0 Å². The molecule has 0 saturated carbocycles. The Balaban J connectivity index is 1.66. The predicted molar refractivity (Wildman–Crippen MR) is 86.9 cm³/mol. The number of ether oxygens (including phenoxy) is 2. The number of aromatic nitrogens is 2. The maximum atomic E-state index is 5.55. The summed E-state index contributed by atoms with van der Waals surface area (Å²) in [5, 5.41) is 3.49. The first-order chi connectivity index (χ1) is 10.8. The highest BCUT2D eigenvalue weighted by atomic mass is 16.5. The quantitative estimate of drug-likeness (QED) is 0.684. The normalized spacial score (nSPS) is 12.3. The minimum atomic E-state index is 0.561. The largest absolute Gasteiger partial charge is 0.491 e. The molecule has 1 aromatic heterocycles. The van der Waals surface area contributed by atoms with E-state index in [1.165, 1.54) is 5.56 Å². The lowest BCUT2D eigenvalue weighted by atomic mass is 10.1. The first-order valence-electron chi connectivity index (χ1n) is 7.65. The van der Waals surface area contributed by atoms with Crippen molar-refractivity contribution in [1.82, 2.24) is 14.9 Å². The summed E-state index contributed by atoms with van der Waals surface area (Å²) >= 11 is 0. The second-order valence-electron chi connectivity index (χ2n) is 5.48. The Bertz CT molecular complexity index is 511. The monoisotopic (exact) mass is 303 g/mol. The Kier molecular flexibility index (Phi) is 6.93. The molecule has 5 nitrogen and oxygen atoms in total. The molecule has 0 aliphatic rings. The third kappa shape index (κ3) is 5.87. The molecule has 2 aromatic rings. The minimum absolute atomic E-state index is 0.561. The van der Waals surface area contributed by atoms with Crippen molar-refractivity contribution < 1.29 is 9.47 Å². The lowest BCUT2D eigenvalue weighted by Crippen LogP contribution is -2.23. The third-order valence-electron chi connectivity index (χ3n) is 3.38. The molecule has 1 aromatic carbocycles. The van der Waals surface area contributed by atoms with Gasteiger partial charge in [0.05, 0.1) is 12.9 Å². The number of hydrogen-bond acceptors (Lipinski definition) is 4. The van der Waals surface area contributed by atoms with Crippen molar-refractivity contribution >= 4 is 0 Å². The molecular formula is C17H25N3O2. The SMILES string of the molecule is COCCOc1ccc(CNCC(C)Cn2ccnc2)cc1. The zero-order chi connectivity index (χ0) is 15.6. The standard InChI is InChI=1S/C17H25N3O2/c1-15(13-20-8-7-18-14-20)11-19-12-16-3-5-17(6-4-16)22-10-9-21-2/h3-8,14-15,19H,9-13H2,1-2H3. The highest BCUT2D eigenvalue weighted by Gasteiger charge is 2.03. The van der Waals surface area contributed by atoms with Crippen LogP contribution in [-0.4, -0.2) is 36.4 Å². The third-order valence-corrected chi connectivity index (χ3v) is 3.38. The van der Waals surface area contributed by atoms with Crippen molar-refractivity contribution in [2.45, 2.75) is 20.0 Å². The van der Waals surface area contributed by atoms with Gasteiger partial charge in [-0.1, -0.05) is 19.1 Å². The van der Waals surface area contributed by atoms with Crippen LogP contribution in [0.5, 0.6) is 5.75 Å². The molecule has 0 amide bonds. The summed E-state index contributed by atoms with van der Waals surface area (Å²) in [4.78, 5) is 4.06. The van der Waals surface area contributed by atoms with Gasteiger partial charge >= 0.3 is 0 Å². The van der Waals surface area contributed by atoms with E-state index in [2.05, 4.69) is 33.9 Å². The molecule has 22 heavy (non-hydrogen) atoms. The lowest BCUT2D eigenvalue weighted by molar-refractivity contribution is 0.146. The first kappa shape index (κ1) is 16.5. The van der Waals surface area contributed by atoms with Crippen LogP contribution >= 0.6 is 0 Å². The Morgan fingerprint density at radius 1 is 1.23 bits per heavy atom. The van der Waals surface area contributed by atoms with Crippen LogP contribution in [0.4, 0.5) is 0 Å². The van der Waals surface area contributed by atoms with Crippen molar-refractivity contribution in [2.75, 3.05) is 26.9 Å². The average Bonchev–Trinajstić information content (AvgIpc) is 3.02. The summed E-state index contributed by atoms with van der Waals surface area (Å²) in [7, 11) is 1.67. The summed E-state index contributed by atoms with van der Waals surface area (Å²) in [5.74, 6) is 1.44. The average molecular weight is 303 g/mol. The second-order valence-corrected chi connectivity index (χ2v) is 5.48. The summed E-state index contributed by atoms with van der Waals surface area (Å²) in [6.45, 7) is 6.26. The number of rotatable bonds is 10. The maximum absolute atomic E-state index is 5.55. The van der Waals surface area contributed by atoms with Gasteiger partial charge in [0.2, 0.25) is 0 Å². The summed E-state index contributed by atoms with van der Waals surface area (Å²) in [5.41, 5.74) is 1.26. The van der Waals surface area contributed by atoms with Crippen LogP contribution in [0.2, 0.25) is 0 Å². The topological polar surface area (TPSA) is 48.3 Å². The molecule has 0 spiro atoms. The van der Waals surface area contributed by atoms with Gasteiger partial charge in [-0.3, -0.25) is 0 Å². The number of benzene rings is 1. The molecule has 0 fully saturated rings. The van der Waals surface area contributed by atoms with Gasteiger partial charge in [0.1, 0.15) is 12.4 Å². The molecule has 1 N–H and O–H groups in total. The molecule has 1 unspecified atom stereocenters. The predicted octanol–water partition coefficient (Wildman–Crippen LogP) is 2.33. The highest BCUT2D eigenvalue weighted by molar-refractivity contribution is 5.27. The second kappa shape index (κ2) is 9.23. The number of nitrogens with one attached hydrogen (secondary N) is 1. The van der Waals surface area contributed by atoms with Crippen molar-refractivity contribution in [2.24, 2.45) is 5.92 Å². The molecule has 1 heterocycles. The smallest absolute Gasteiger partial charge is 0.119 e. The van der Waals surface area contributed by atoms with E-state index >= 15 is 0 Å². The van der Waals surface area contributed by atoms with Gasteiger partial charge in [-0.25, -0.2) is 4.98 Å². The molecule has 0 aliphatic heterocycles. The van der Waals surface area contributed by atoms with E-state index in [0.29, 0.717) is 19.1 Å². The van der Waals surface area contributed by atoms with Crippen LogP contribution in [-0.2, 0) is 17.8 Å². The van der Waals surface area contributed by atoms with Gasteiger partial charge in [-0.05, 0) is 30.2 Å². The van der Waals surface area contributed by atoms with Gasteiger partial charge < -0.3 is 19.4 Å². The van der Waals surface area contributed by atoms with Gasteiger partial charge in [-0.15, -0.1) is 0 Å². The summed E-state index contributed by atoms with van der Waals surface area (Å²) in [6, 6.07) is 8.19. The number of hydrogen-bond donors (Lipinski definition) is 1. The van der Waals surface area contributed by atoms with Gasteiger partial charge in [0.25, 0.3) is 0 Å². The van der Waals surface area contributed by atoms with E-state index in [-0.39, 0.29) is 0 Å². The zero-order valence-electron chi connectivity index (χ0n) is 13.4.